The Hall–Kier alpha value is -1.09. The number of hydrogen-bond acceptors (Lipinski definition) is 3. The second kappa shape index (κ2) is 8.38. The standard InChI is InChI=1S/C18H33N3/c1-8-9-19-12-16-10-17(14(4)5)20-18(11-16)21(7)15(6)13(2)3/h10-11,13-15,19H,8-9,12H2,1-7H3. The lowest BCUT2D eigenvalue weighted by Crippen LogP contribution is -2.34. The fourth-order valence-corrected chi connectivity index (χ4v) is 2.24. The van der Waals surface area contributed by atoms with E-state index in [-0.39, 0.29) is 0 Å². The van der Waals surface area contributed by atoms with Gasteiger partial charge in [0.15, 0.2) is 0 Å². The Morgan fingerprint density at radius 2 is 1.81 bits per heavy atom. The van der Waals surface area contributed by atoms with E-state index in [9.17, 15) is 0 Å². The van der Waals surface area contributed by atoms with Gasteiger partial charge in [-0.15, -0.1) is 0 Å². The molecular formula is C18H33N3. The number of pyridine rings is 1. The summed E-state index contributed by atoms with van der Waals surface area (Å²) in [6.07, 6.45) is 1.17. The normalized spacial score (nSPS) is 13.0. The predicted octanol–water partition coefficient (Wildman–Crippen LogP) is 4.19. The molecule has 0 aliphatic carbocycles. The third kappa shape index (κ3) is 5.31. The highest BCUT2D eigenvalue weighted by molar-refractivity contribution is 5.43. The van der Waals surface area contributed by atoms with Gasteiger partial charge in [0.1, 0.15) is 5.82 Å². The molecule has 1 rings (SSSR count). The van der Waals surface area contributed by atoms with E-state index in [2.05, 4.69) is 70.9 Å². The van der Waals surface area contributed by atoms with Crippen molar-refractivity contribution in [2.75, 3.05) is 18.5 Å². The zero-order valence-corrected chi connectivity index (χ0v) is 14.9. The highest BCUT2D eigenvalue weighted by Gasteiger charge is 2.16. The van der Waals surface area contributed by atoms with Crippen molar-refractivity contribution in [3.8, 4) is 0 Å². The summed E-state index contributed by atoms with van der Waals surface area (Å²) in [4.78, 5) is 7.17. The first kappa shape index (κ1) is 18.0. The first-order valence-corrected chi connectivity index (χ1v) is 8.31. The third-order valence-corrected chi connectivity index (χ3v) is 4.18. The molecule has 3 nitrogen and oxygen atoms in total. The molecule has 0 saturated heterocycles. The van der Waals surface area contributed by atoms with Gasteiger partial charge in [-0.1, -0.05) is 34.6 Å². The van der Waals surface area contributed by atoms with Crippen molar-refractivity contribution in [3.05, 3.63) is 23.4 Å². The number of anilines is 1. The van der Waals surface area contributed by atoms with E-state index in [0.29, 0.717) is 17.9 Å². The van der Waals surface area contributed by atoms with Crippen molar-refractivity contribution in [2.24, 2.45) is 5.92 Å². The van der Waals surface area contributed by atoms with E-state index in [1.54, 1.807) is 0 Å². The van der Waals surface area contributed by atoms with Gasteiger partial charge >= 0.3 is 0 Å². The molecule has 120 valence electrons. The van der Waals surface area contributed by atoms with Crippen LogP contribution >= 0.6 is 0 Å². The van der Waals surface area contributed by atoms with Crippen molar-refractivity contribution in [1.29, 1.82) is 0 Å². The summed E-state index contributed by atoms with van der Waals surface area (Å²) in [5.74, 6) is 2.16. The number of nitrogens with one attached hydrogen (secondary N) is 1. The Bertz CT molecular complexity index is 426. The molecule has 1 N–H and O–H groups in total. The maximum Gasteiger partial charge on any atom is 0.129 e. The predicted molar refractivity (Wildman–Crippen MR) is 93.0 cm³/mol. The summed E-state index contributed by atoms with van der Waals surface area (Å²) in [7, 11) is 2.15. The summed E-state index contributed by atoms with van der Waals surface area (Å²) in [6, 6.07) is 4.95. The van der Waals surface area contributed by atoms with E-state index >= 15 is 0 Å². The maximum absolute atomic E-state index is 4.86. The van der Waals surface area contributed by atoms with E-state index in [0.717, 1.165) is 18.9 Å². The van der Waals surface area contributed by atoms with Gasteiger partial charge in [-0.05, 0) is 49.4 Å². The largest absolute Gasteiger partial charge is 0.357 e. The Morgan fingerprint density at radius 3 is 2.33 bits per heavy atom. The molecular weight excluding hydrogens is 258 g/mol. The van der Waals surface area contributed by atoms with Crippen LogP contribution in [0.2, 0.25) is 0 Å². The molecule has 3 heteroatoms. The lowest BCUT2D eigenvalue weighted by molar-refractivity contribution is 0.502. The maximum atomic E-state index is 4.86. The van der Waals surface area contributed by atoms with Crippen LogP contribution in [0, 0.1) is 5.92 Å². The average Bonchev–Trinajstić information content (AvgIpc) is 2.45. The van der Waals surface area contributed by atoms with Crippen LogP contribution in [0.1, 0.15) is 65.1 Å². The summed E-state index contributed by atoms with van der Waals surface area (Å²) < 4.78 is 0. The van der Waals surface area contributed by atoms with Crippen LogP contribution < -0.4 is 10.2 Å². The van der Waals surface area contributed by atoms with Crippen LogP contribution in [0.5, 0.6) is 0 Å². The van der Waals surface area contributed by atoms with E-state index < -0.39 is 0 Å². The zero-order chi connectivity index (χ0) is 16.0. The van der Waals surface area contributed by atoms with Crippen LogP contribution in [-0.4, -0.2) is 24.6 Å². The minimum atomic E-state index is 0.456. The molecule has 0 aromatic carbocycles. The van der Waals surface area contributed by atoms with Gasteiger partial charge in [0, 0.05) is 25.3 Å². The number of aromatic nitrogens is 1. The van der Waals surface area contributed by atoms with Gasteiger partial charge in [-0.2, -0.15) is 0 Å². The first-order valence-electron chi connectivity index (χ1n) is 8.31. The Kier molecular flexibility index (Phi) is 7.16. The molecule has 0 fully saturated rings. The number of hydrogen-bond donors (Lipinski definition) is 1. The fraction of sp³-hybridized carbons (Fsp3) is 0.722. The van der Waals surface area contributed by atoms with Crippen LogP contribution in [-0.2, 0) is 6.54 Å². The number of nitrogens with zero attached hydrogens (tertiary/aromatic N) is 2. The third-order valence-electron chi connectivity index (χ3n) is 4.18. The van der Waals surface area contributed by atoms with E-state index in [1.807, 2.05) is 0 Å². The van der Waals surface area contributed by atoms with Crippen LogP contribution in [0.3, 0.4) is 0 Å². The molecule has 1 heterocycles. The summed E-state index contributed by atoms with van der Waals surface area (Å²) in [6.45, 7) is 15.4. The van der Waals surface area contributed by atoms with Crippen molar-refractivity contribution in [1.82, 2.24) is 10.3 Å². The molecule has 1 aromatic heterocycles. The van der Waals surface area contributed by atoms with Gasteiger partial charge in [0.25, 0.3) is 0 Å². The molecule has 0 amide bonds. The smallest absolute Gasteiger partial charge is 0.129 e. The summed E-state index contributed by atoms with van der Waals surface area (Å²) >= 11 is 0. The lowest BCUT2D eigenvalue weighted by atomic mass is 10.0. The van der Waals surface area contributed by atoms with Gasteiger partial charge < -0.3 is 10.2 Å². The zero-order valence-electron chi connectivity index (χ0n) is 14.9. The fourth-order valence-electron chi connectivity index (χ4n) is 2.24. The minimum absolute atomic E-state index is 0.456. The van der Waals surface area contributed by atoms with Gasteiger partial charge in [0.05, 0.1) is 0 Å². The highest BCUT2D eigenvalue weighted by atomic mass is 15.2. The Morgan fingerprint density at radius 1 is 1.14 bits per heavy atom. The topological polar surface area (TPSA) is 28.2 Å². The summed E-state index contributed by atoms with van der Waals surface area (Å²) in [5, 5.41) is 3.49. The van der Waals surface area contributed by atoms with Crippen molar-refractivity contribution in [3.63, 3.8) is 0 Å². The molecule has 0 bridgehead atoms. The van der Waals surface area contributed by atoms with E-state index in [4.69, 9.17) is 4.98 Å². The molecule has 21 heavy (non-hydrogen) atoms. The van der Waals surface area contributed by atoms with Crippen LogP contribution in [0.15, 0.2) is 12.1 Å². The Labute approximate surface area is 131 Å². The second-order valence-electron chi connectivity index (χ2n) is 6.69. The van der Waals surface area contributed by atoms with Crippen LogP contribution in [0.4, 0.5) is 5.82 Å². The quantitative estimate of drug-likeness (QED) is 0.728. The van der Waals surface area contributed by atoms with Gasteiger partial charge in [-0.25, -0.2) is 4.98 Å². The molecule has 0 radical (unpaired) electrons. The van der Waals surface area contributed by atoms with Crippen molar-refractivity contribution in [2.45, 2.75) is 66.5 Å². The number of rotatable bonds is 8. The minimum Gasteiger partial charge on any atom is -0.357 e. The molecule has 1 aromatic rings. The second-order valence-corrected chi connectivity index (χ2v) is 6.69. The molecule has 1 atom stereocenters. The molecule has 0 aliphatic rings. The first-order chi connectivity index (χ1) is 9.86. The van der Waals surface area contributed by atoms with Gasteiger partial charge in [0.2, 0.25) is 0 Å². The highest BCUT2D eigenvalue weighted by Crippen LogP contribution is 2.22. The van der Waals surface area contributed by atoms with Crippen LogP contribution in [0.25, 0.3) is 0 Å². The van der Waals surface area contributed by atoms with Crippen molar-refractivity contribution >= 4 is 5.82 Å². The average molecular weight is 291 g/mol. The molecule has 0 saturated carbocycles. The molecule has 1 unspecified atom stereocenters. The summed E-state index contributed by atoms with van der Waals surface area (Å²) in [5.41, 5.74) is 2.52. The lowest BCUT2D eigenvalue weighted by Gasteiger charge is -2.30. The Balaban J connectivity index is 3.01. The van der Waals surface area contributed by atoms with Crippen molar-refractivity contribution < 1.29 is 0 Å². The van der Waals surface area contributed by atoms with E-state index in [1.165, 1.54) is 17.7 Å². The SMILES string of the molecule is CCCNCc1cc(C(C)C)nc(N(C)C(C)C(C)C)c1. The van der Waals surface area contributed by atoms with Gasteiger partial charge in [-0.3, -0.25) is 0 Å². The molecule has 0 aliphatic heterocycles. The molecule has 0 spiro atoms. The monoisotopic (exact) mass is 291 g/mol.